The van der Waals surface area contributed by atoms with Gasteiger partial charge in [0.1, 0.15) is 11.9 Å². The van der Waals surface area contributed by atoms with E-state index in [-0.39, 0.29) is 29.6 Å². The van der Waals surface area contributed by atoms with Crippen LogP contribution in [0.4, 0.5) is 4.39 Å². The molecule has 5 rings (SSSR count). The number of sulfonamides is 1. The van der Waals surface area contributed by atoms with Crippen LogP contribution in [0.3, 0.4) is 0 Å². The third kappa shape index (κ3) is 5.47. The molecule has 3 heterocycles. The van der Waals surface area contributed by atoms with Gasteiger partial charge in [-0.25, -0.2) is 26.9 Å². The van der Waals surface area contributed by atoms with Gasteiger partial charge in [0.2, 0.25) is 10.0 Å². The number of carbonyl (C=O) groups excluding carboxylic acids is 1. The molecule has 1 aromatic carbocycles. The van der Waals surface area contributed by atoms with E-state index in [2.05, 4.69) is 10.3 Å². The summed E-state index contributed by atoms with van der Waals surface area (Å²) in [6.45, 7) is 3.82. The number of aliphatic imine (C=N–C) groups is 1. The van der Waals surface area contributed by atoms with Crippen molar-refractivity contribution in [3.05, 3.63) is 74.1 Å². The summed E-state index contributed by atoms with van der Waals surface area (Å²) < 4.78 is 47.1. The maximum absolute atomic E-state index is 13.9. The van der Waals surface area contributed by atoms with Crippen molar-refractivity contribution in [1.82, 2.24) is 14.6 Å². The Morgan fingerprint density at radius 3 is 2.58 bits per heavy atom. The number of thiazole rings is 1. The zero-order valence-corrected chi connectivity index (χ0v) is 24.6. The number of piperidine rings is 1. The van der Waals surface area contributed by atoms with Crippen molar-refractivity contribution in [2.75, 3.05) is 20.2 Å². The summed E-state index contributed by atoms with van der Waals surface area (Å²) in [6.07, 6.45) is 4.48. The molecule has 1 fully saturated rings. The zero-order chi connectivity index (χ0) is 28.8. The van der Waals surface area contributed by atoms with Gasteiger partial charge in [-0.1, -0.05) is 23.7 Å². The van der Waals surface area contributed by atoms with E-state index >= 15 is 0 Å². The normalized spacial score (nSPS) is 22.8. The number of carbonyl (C=O) groups is 1. The van der Waals surface area contributed by atoms with Crippen LogP contribution in [0.5, 0.6) is 0 Å². The number of esters is 1. The molecule has 2 aliphatic heterocycles. The lowest BCUT2D eigenvalue weighted by Gasteiger charge is -2.39. The Morgan fingerprint density at radius 1 is 1.30 bits per heavy atom. The van der Waals surface area contributed by atoms with Crippen LogP contribution < -0.4 is 5.32 Å². The average Bonchev–Trinajstić information content (AvgIpc) is 3.41. The van der Waals surface area contributed by atoms with E-state index in [1.54, 1.807) is 31.5 Å². The van der Waals surface area contributed by atoms with Gasteiger partial charge < -0.3 is 15.2 Å². The first-order valence-electron chi connectivity index (χ1n) is 12.8. The van der Waals surface area contributed by atoms with Gasteiger partial charge in [0.15, 0.2) is 10.8 Å². The number of nitrogens with zero attached hydrogens (tertiary/aromatic N) is 3. The van der Waals surface area contributed by atoms with E-state index < -0.39 is 38.7 Å². The molecule has 0 saturated carbocycles. The molecule has 2 atom stereocenters. The van der Waals surface area contributed by atoms with Crippen LogP contribution in [0.15, 0.2) is 57.7 Å². The van der Waals surface area contributed by atoms with Gasteiger partial charge in [-0.05, 0) is 50.8 Å². The maximum Gasteiger partial charge on any atom is 0.338 e. The van der Waals surface area contributed by atoms with Crippen LogP contribution in [0.1, 0.15) is 49.7 Å². The molecule has 9 nitrogen and oxygen atoms in total. The highest BCUT2D eigenvalue weighted by Crippen LogP contribution is 2.41. The fourth-order valence-electron chi connectivity index (χ4n) is 5.26. The number of rotatable bonds is 7. The van der Waals surface area contributed by atoms with Crippen molar-refractivity contribution in [2.24, 2.45) is 10.9 Å². The first-order valence-corrected chi connectivity index (χ1v) is 15.6. The smallest absolute Gasteiger partial charge is 0.338 e. The molecule has 2 aromatic rings. The second-order valence-corrected chi connectivity index (χ2v) is 14.0. The summed E-state index contributed by atoms with van der Waals surface area (Å²) in [7, 11) is -2.31. The highest BCUT2D eigenvalue weighted by atomic mass is 35.5. The number of nitrogens with one attached hydrogen (secondary N) is 1. The van der Waals surface area contributed by atoms with Crippen LogP contribution in [0.25, 0.3) is 0 Å². The number of hydrogen-bond donors (Lipinski definition) is 2. The lowest BCUT2D eigenvalue weighted by atomic mass is 9.85. The highest BCUT2D eigenvalue weighted by Gasteiger charge is 2.43. The second kappa shape index (κ2) is 11.0. The van der Waals surface area contributed by atoms with E-state index in [0.717, 1.165) is 5.57 Å². The van der Waals surface area contributed by atoms with Crippen molar-refractivity contribution < 1.29 is 27.4 Å². The van der Waals surface area contributed by atoms with Gasteiger partial charge in [-0.3, -0.25) is 4.99 Å². The van der Waals surface area contributed by atoms with Crippen molar-refractivity contribution in [1.29, 1.82) is 0 Å². The summed E-state index contributed by atoms with van der Waals surface area (Å²) >= 11 is 7.80. The molecule has 40 heavy (non-hydrogen) atoms. The zero-order valence-electron chi connectivity index (χ0n) is 22.2. The average molecular weight is 609 g/mol. The summed E-state index contributed by atoms with van der Waals surface area (Å²) in [5.74, 6) is -0.891. The van der Waals surface area contributed by atoms with Gasteiger partial charge in [0, 0.05) is 46.9 Å². The van der Waals surface area contributed by atoms with E-state index in [9.17, 15) is 22.7 Å². The fraction of sp³-hybridized carbons (Fsp3) is 0.444. The van der Waals surface area contributed by atoms with E-state index in [1.807, 2.05) is 0 Å². The third-order valence-corrected chi connectivity index (χ3v) is 10.8. The number of hydrogen-bond acceptors (Lipinski definition) is 9. The van der Waals surface area contributed by atoms with Crippen LogP contribution in [0, 0.1) is 11.7 Å². The predicted molar refractivity (Wildman–Crippen MR) is 151 cm³/mol. The summed E-state index contributed by atoms with van der Waals surface area (Å²) in [5, 5.41) is 15.3. The molecule has 214 valence electrons. The Bertz CT molecular complexity index is 1510. The number of methoxy groups -OCH3 is 1. The summed E-state index contributed by atoms with van der Waals surface area (Å²) in [6, 6.07) is 3.06. The number of halogens is 2. The third-order valence-electron chi connectivity index (χ3n) is 7.57. The Labute approximate surface area is 241 Å². The van der Waals surface area contributed by atoms with E-state index in [0.29, 0.717) is 41.4 Å². The van der Waals surface area contributed by atoms with Gasteiger partial charge in [0.25, 0.3) is 0 Å². The van der Waals surface area contributed by atoms with Gasteiger partial charge in [-0.2, -0.15) is 0 Å². The van der Waals surface area contributed by atoms with Gasteiger partial charge >= 0.3 is 5.97 Å². The van der Waals surface area contributed by atoms with Crippen molar-refractivity contribution >= 4 is 44.8 Å². The largest absolute Gasteiger partial charge is 0.466 e. The maximum atomic E-state index is 13.9. The quantitative estimate of drug-likeness (QED) is 0.360. The van der Waals surface area contributed by atoms with Gasteiger partial charge in [0.05, 0.1) is 23.5 Å². The Morgan fingerprint density at radius 2 is 2.00 bits per heavy atom. The molecular weight excluding hydrogens is 579 g/mol. The SMILES string of the molecule is COC(=O)C1=C(C2CCN(S(=O)(=O)[C@H]3C=C(C(C)(C)O)C3)CC2)NC(c2nccs2)=N[C@@H]1c1ccc(F)cc1Cl. The Hall–Kier alpha value is -2.64. The molecule has 1 saturated heterocycles. The fourth-order valence-corrected chi connectivity index (χ4v) is 7.95. The Kier molecular flexibility index (Phi) is 7.92. The lowest BCUT2D eigenvalue weighted by molar-refractivity contribution is -0.136. The molecule has 0 amide bonds. The minimum atomic E-state index is -3.58. The van der Waals surface area contributed by atoms with Gasteiger partial charge in [-0.15, -0.1) is 11.3 Å². The first kappa shape index (κ1) is 28.9. The summed E-state index contributed by atoms with van der Waals surface area (Å²) in [4.78, 5) is 22.3. The molecule has 13 heteroatoms. The van der Waals surface area contributed by atoms with Crippen molar-refractivity contribution in [2.45, 2.75) is 50.0 Å². The highest BCUT2D eigenvalue weighted by molar-refractivity contribution is 7.90. The van der Waals surface area contributed by atoms with E-state index in [4.69, 9.17) is 21.3 Å². The molecule has 0 radical (unpaired) electrons. The number of aliphatic hydroxyl groups is 1. The van der Waals surface area contributed by atoms with Crippen molar-refractivity contribution in [3.8, 4) is 0 Å². The minimum Gasteiger partial charge on any atom is -0.466 e. The topological polar surface area (TPSA) is 121 Å². The van der Waals surface area contributed by atoms with Crippen LogP contribution >= 0.6 is 22.9 Å². The first-order chi connectivity index (χ1) is 18.9. The number of amidine groups is 1. The monoisotopic (exact) mass is 608 g/mol. The summed E-state index contributed by atoms with van der Waals surface area (Å²) in [5.41, 5.74) is 0.936. The Balaban J connectivity index is 1.46. The molecule has 0 unspecified atom stereocenters. The molecule has 3 aliphatic rings. The second-order valence-electron chi connectivity index (χ2n) is 10.5. The van der Waals surface area contributed by atoms with Crippen LogP contribution in [-0.4, -0.2) is 65.7 Å². The predicted octanol–water partition coefficient (Wildman–Crippen LogP) is 3.97. The van der Waals surface area contributed by atoms with Crippen LogP contribution in [0.2, 0.25) is 5.02 Å². The lowest BCUT2D eigenvalue weighted by Crippen LogP contribution is -2.48. The number of benzene rings is 1. The minimum absolute atomic E-state index is 0.120. The standard InChI is InChI=1S/C27H30ClFN4O5S2/c1-27(2,35)16-12-18(13-16)40(36,37)33-9-6-15(7-10-33)22-21(26(34)38-3)23(19-5-4-17(29)14-20(19)28)32-24(31-22)25-30-8-11-39-25/h4-5,8,11-12,14-15,18,23,35H,6-7,9-10,13H2,1-3H3,(H,31,32)/t18-,23+/m0/s1. The molecule has 0 bridgehead atoms. The molecule has 1 aromatic heterocycles. The number of aromatic nitrogens is 1. The number of ether oxygens (including phenoxy) is 1. The molecule has 0 spiro atoms. The van der Waals surface area contributed by atoms with E-state index in [1.165, 1.54) is 41.0 Å². The molecule has 2 N–H and O–H groups in total. The molecular formula is C27H30ClFN4O5S2. The van der Waals surface area contributed by atoms with Crippen LogP contribution in [-0.2, 0) is 19.6 Å². The van der Waals surface area contributed by atoms with Crippen molar-refractivity contribution in [3.63, 3.8) is 0 Å². The molecule has 1 aliphatic carbocycles. The number of allylic oxidation sites excluding steroid dienone is 1.